The summed E-state index contributed by atoms with van der Waals surface area (Å²) < 4.78 is 0. The van der Waals surface area contributed by atoms with Crippen LogP contribution in [0.15, 0.2) is 12.3 Å². The molecule has 0 fully saturated rings. The Morgan fingerprint density at radius 1 is 1.57 bits per heavy atom. The van der Waals surface area contributed by atoms with Gasteiger partial charge in [-0.3, -0.25) is 0 Å². The van der Waals surface area contributed by atoms with Crippen LogP contribution in [0.4, 0.5) is 0 Å². The van der Waals surface area contributed by atoms with E-state index in [1.807, 2.05) is 31.3 Å². The van der Waals surface area contributed by atoms with Gasteiger partial charge in [-0.1, -0.05) is 6.08 Å². The zero-order valence-electron chi connectivity index (χ0n) is 5.02. The summed E-state index contributed by atoms with van der Waals surface area (Å²) in [6.45, 7) is 3.64. The maximum atomic E-state index is 3.64. The van der Waals surface area contributed by atoms with E-state index in [0.29, 0.717) is 0 Å². The van der Waals surface area contributed by atoms with Crippen molar-refractivity contribution in [3.63, 3.8) is 0 Å². The van der Waals surface area contributed by atoms with Gasteiger partial charge in [0.05, 0.1) is 0 Å². The summed E-state index contributed by atoms with van der Waals surface area (Å²) in [5.41, 5.74) is 0. The predicted molar refractivity (Wildman–Crippen MR) is 32.8 cm³/mol. The number of rotatable bonds is 2. The van der Waals surface area contributed by atoms with Crippen molar-refractivity contribution in [3.8, 4) is 0 Å². The molecule has 0 saturated carbocycles. The third kappa shape index (κ3) is 5.54. The molecule has 0 amide bonds. The molecule has 41 valence electrons. The van der Waals surface area contributed by atoms with Gasteiger partial charge in [-0.25, -0.2) is 0 Å². The molecule has 7 heavy (non-hydrogen) atoms. The van der Waals surface area contributed by atoms with E-state index < -0.39 is 0 Å². The van der Waals surface area contributed by atoms with Crippen molar-refractivity contribution in [1.29, 1.82) is 0 Å². The Morgan fingerprint density at radius 2 is 2.14 bits per heavy atom. The lowest BCUT2D eigenvalue weighted by atomic mass is 10.5. The van der Waals surface area contributed by atoms with Gasteiger partial charge in [0.25, 0.3) is 0 Å². The molecule has 0 spiro atoms. The fraction of sp³-hybridized carbons (Fsp3) is 0.500. The molecule has 0 aliphatic heterocycles. The van der Waals surface area contributed by atoms with Gasteiger partial charge in [-0.05, 0) is 19.5 Å². The summed E-state index contributed by atoms with van der Waals surface area (Å²) in [6, 6.07) is 0. The normalized spacial score (nSPS) is 10.1. The van der Waals surface area contributed by atoms with Crippen molar-refractivity contribution in [1.82, 2.24) is 4.90 Å². The van der Waals surface area contributed by atoms with Crippen molar-refractivity contribution >= 4 is 0 Å². The SMILES string of the molecule is [CH2]CC=CN(C)C. The van der Waals surface area contributed by atoms with E-state index in [0.717, 1.165) is 6.42 Å². The third-order valence-corrected chi connectivity index (χ3v) is 0.570. The van der Waals surface area contributed by atoms with E-state index in [-0.39, 0.29) is 0 Å². The average Bonchev–Trinajstić information content (AvgIpc) is 1.61. The van der Waals surface area contributed by atoms with Crippen molar-refractivity contribution in [2.24, 2.45) is 0 Å². The Labute approximate surface area is 45.6 Å². The fourth-order valence-corrected chi connectivity index (χ4v) is 0.285. The maximum Gasteiger partial charge on any atom is 0.00555 e. The van der Waals surface area contributed by atoms with Crippen LogP contribution in [0.1, 0.15) is 6.42 Å². The smallest absolute Gasteiger partial charge is 0.00555 e. The lowest BCUT2D eigenvalue weighted by molar-refractivity contribution is 0.562. The number of hydrogen-bond donors (Lipinski definition) is 0. The molecule has 0 aromatic carbocycles. The monoisotopic (exact) mass is 98.1 g/mol. The highest BCUT2D eigenvalue weighted by Gasteiger charge is 1.69. The van der Waals surface area contributed by atoms with Gasteiger partial charge in [0.15, 0.2) is 0 Å². The first-order valence-electron chi connectivity index (χ1n) is 2.39. The molecule has 0 saturated heterocycles. The standard InChI is InChI=1S/C6H12N/c1-4-5-6-7(2)3/h5-6H,1,4H2,2-3H3. The quantitative estimate of drug-likeness (QED) is 0.503. The highest BCUT2D eigenvalue weighted by molar-refractivity contribution is 4.79. The molecule has 0 atom stereocenters. The average molecular weight is 98.2 g/mol. The summed E-state index contributed by atoms with van der Waals surface area (Å²) >= 11 is 0. The second kappa shape index (κ2) is 3.72. The summed E-state index contributed by atoms with van der Waals surface area (Å²) in [7, 11) is 3.98. The molecule has 0 bridgehead atoms. The summed E-state index contributed by atoms with van der Waals surface area (Å²) in [6.07, 6.45) is 4.88. The van der Waals surface area contributed by atoms with E-state index >= 15 is 0 Å². The minimum Gasteiger partial charge on any atom is -0.384 e. The largest absolute Gasteiger partial charge is 0.384 e. The minimum atomic E-state index is 0.873. The Balaban J connectivity index is 3.08. The van der Waals surface area contributed by atoms with Gasteiger partial charge >= 0.3 is 0 Å². The van der Waals surface area contributed by atoms with Crippen LogP contribution >= 0.6 is 0 Å². The molecule has 1 radical (unpaired) electrons. The van der Waals surface area contributed by atoms with Crippen LogP contribution in [-0.4, -0.2) is 19.0 Å². The first kappa shape index (κ1) is 6.54. The Hall–Kier alpha value is -0.460. The van der Waals surface area contributed by atoms with E-state index in [2.05, 4.69) is 6.92 Å². The zero-order valence-corrected chi connectivity index (χ0v) is 5.02. The van der Waals surface area contributed by atoms with Gasteiger partial charge in [0, 0.05) is 14.1 Å². The molecule has 0 heterocycles. The molecule has 0 aromatic rings. The number of hydrogen-bond acceptors (Lipinski definition) is 1. The molecule has 1 nitrogen and oxygen atoms in total. The highest BCUT2D eigenvalue weighted by atomic mass is 15.0. The predicted octanol–water partition coefficient (Wildman–Crippen LogP) is 1.29. The minimum absolute atomic E-state index is 0.873. The van der Waals surface area contributed by atoms with Crippen LogP contribution in [-0.2, 0) is 0 Å². The lowest BCUT2D eigenvalue weighted by Gasteiger charge is -2.00. The molecule has 0 aliphatic rings. The van der Waals surface area contributed by atoms with E-state index in [9.17, 15) is 0 Å². The van der Waals surface area contributed by atoms with Crippen LogP contribution in [0.3, 0.4) is 0 Å². The molecule has 0 unspecified atom stereocenters. The first-order chi connectivity index (χ1) is 3.27. The molecule has 0 N–H and O–H groups in total. The molecule has 0 aliphatic carbocycles. The number of nitrogens with zero attached hydrogens (tertiary/aromatic N) is 1. The second-order valence-corrected chi connectivity index (χ2v) is 1.64. The van der Waals surface area contributed by atoms with E-state index in [1.165, 1.54) is 0 Å². The summed E-state index contributed by atoms with van der Waals surface area (Å²) in [4.78, 5) is 1.99. The highest BCUT2D eigenvalue weighted by Crippen LogP contribution is 1.79. The molecule has 0 aromatic heterocycles. The van der Waals surface area contributed by atoms with Gasteiger partial charge in [0.2, 0.25) is 0 Å². The van der Waals surface area contributed by atoms with Crippen LogP contribution in [0.2, 0.25) is 0 Å². The Morgan fingerprint density at radius 3 is 2.29 bits per heavy atom. The zero-order chi connectivity index (χ0) is 5.70. The number of allylic oxidation sites excluding steroid dienone is 1. The Bertz CT molecular complexity index is 55.2. The van der Waals surface area contributed by atoms with E-state index in [4.69, 9.17) is 0 Å². The van der Waals surface area contributed by atoms with Crippen molar-refractivity contribution in [2.45, 2.75) is 6.42 Å². The molecular formula is C6H12N. The van der Waals surface area contributed by atoms with Gasteiger partial charge in [0.1, 0.15) is 0 Å². The molecular weight excluding hydrogens is 86.1 g/mol. The van der Waals surface area contributed by atoms with Gasteiger partial charge in [-0.2, -0.15) is 0 Å². The van der Waals surface area contributed by atoms with Crippen LogP contribution in [0, 0.1) is 6.92 Å². The molecule has 1 heteroatoms. The van der Waals surface area contributed by atoms with Gasteiger partial charge < -0.3 is 4.90 Å². The fourth-order valence-electron chi connectivity index (χ4n) is 0.285. The maximum absolute atomic E-state index is 3.64. The first-order valence-corrected chi connectivity index (χ1v) is 2.39. The molecule has 0 rings (SSSR count). The second-order valence-electron chi connectivity index (χ2n) is 1.64. The summed E-state index contributed by atoms with van der Waals surface area (Å²) in [5, 5.41) is 0. The van der Waals surface area contributed by atoms with Crippen LogP contribution in [0.5, 0.6) is 0 Å². The van der Waals surface area contributed by atoms with Crippen molar-refractivity contribution < 1.29 is 0 Å². The van der Waals surface area contributed by atoms with E-state index in [1.54, 1.807) is 0 Å². The van der Waals surface area contributed by atoms with Crippen LogP contribution < -0.4 is 0 Å². The third-order valence-electron chi connectivity index (χ3n) is 0.570. The topological polar surface area (TPSA) is 3.24 Å². The van der Waals surface area contributed by atoms with Gasteiger partial charge in [-0.15, -0.1) is 0 Å². The Kier molecular flexibility index (Phi) is 3.48. The lowest BCUT2D eigenvalue weighted by Crippen LogP contribution is -1.99. The van der Waals surface area contributed by atoms with Crippen molar-refractivity contribution in [2.75, 3.05) is 14.1 Å². The van der Waals surface area contributed by atoms with Crippen LogP contribution in [0.25, 0.3) is 0 Å². The summed E-state index contributed by atoms with van der Waals surface area (Å²) in [5.74, 6) is 0. The van der Waals surface area contributed by atoms with Crippen molar-refractivity contribution in [3.05, 3.63) is 19.2 Å².